The molecule has 0 aromatic carbocycles. The number of rotatable bonds is 4. The standard InChI is InChI=1S/C13H14FN5O/c1-8-2-3-9(6-17-8)7-18-13(20)10-4-5-16-12(19-15)11(10)14/h2-6H,7,15H2,1H3,(H,16,19)(H,18,20). The molecule has 104 valence electrons. The van der Waals surface area contributed by atoms with Crippen LogP contribution in [0.3, 0.4) is 0 Å². The molecular formula is C13H14FN5O. The first-order valence-corrected chi connectivity index (χ1v) is 5.92. The summed E-state index contributed by atoms with van der Waals surface area (Å²) in [5, 5.41) is 2.61. The molecule has 0 aliphatic rings. The number of anilines is 1. The second-order valence-electron chi connectivity index (χ2n) is 4.16. The molecule has 0 unspecified atom stereocenters. The molecule has 2 rings (SSSR count). The molecule has 0 fully saturated rings. The maximum absolute atomic E-state index is 13.8. The molecule has 0 aliphatic carbocycles. The Kier molecular flexibility index (Phi) is 4.21. The van der Waals surface area contributed by atoms with E-state index in [1.807, 2.05) is 19.1 Å². The van der Waals surface area contributed by atoms with Gasteiger partial charge in [0, 0.05) is 24.6 Å². The molecular weight excluding hydrogens is 261 g/mol. The van der Waals surface area contributed by atoms with Crippen LogP contribution in [0.15, 0.2) is 30.6 Å². The minimum atomic E-state index is -0.783. The van der Waals surface area contributed by atoms with Crippen LogP contribution >= 0.6 is 0 Å². The molecule has 2 heterocycles. The lowest BCUT2D eigenvalue weighted by Gasteiger charge is -2.08. The average Bonchev–Trinajstić information content (AvgIpc) is 2.46. The Morgan fingerprint density at radius 3 is 2.80 bits per heavy atom. The Morgan fingerprint density at radius 2 is 2.15 bits per heavy atom. The first-order valence-electron chi connectivity index (χ1n) is 5.92. The third kappa shape index (κ3) is 3.07. The number of hydrogen-bond acceptors (Lipinski definition) is 5. The number of pyridine rings is 2. The Morgan fingerprint density at radius 1 is 1.35 bits per heavy atom. The van der Waals surface area contributed by atoms with Gasteiger partial charge in [-0.25, -0.2) is 15.2 Å². The van der Waals surface area contributed by atoms with Crippen LogP contribution in [0.2, 0.25) is 0 Å². The van der Waals surface area contributed by atoms with Crippen molar-refractivity contribution in [3.05, 3.63) is 53.2 Å². The molecule has 6 nitrogen and oxygen atoms in total. The summed E-state index contributed by atoms with van der Waals surface area (Å²) >= 11 is 0. The van der Waals surface area contributed by atoms with Crippen molar-refractivity contribution >= 4 is 11.7 Å². The van der Waals surface area contributed by atoms with Crippen LogP contribution in [0.25, 0.3) is 0 Å². The van der Waals surface area contributed by atoms with E-state index in [2.05, 4.69) is 20.7 Å². The van der Waals surface area contributed by atoms with Crippen LogP contribution in [0, 0.1) is 12.7 Å². The van der Waals surface area contributed by atoms with E-state index in [4.69, 9.17) is 5.84 Å². The minimum Gasteiger partial charge on any atom is -0.348 e. The fourth-order valence-electron chi connectivity index (χ4n) is 1.60. The van der Waals surface area contributed by atoms with Crippen molar-refractivity contribution in [3.8, 4) is 0 Å². The maximum Gasteiger partial charge on any atom is 0.254 e. The summed E-state index contributed by atoms with van der Waals surface area (Å²) in [6.07, 6.45) is 2.96. The SMILES string of the molecule is Cc1ccc(CNC(=O)c2ccnc(NN)c2F)cn1. The molecule has 0 spiro atoms. The molecule has 0 saturated carbocycles. The van der Waals surface area contributed by atoms with Crippen LogP contribution in [0.5, 0.6) is 0 Å². The van der Waals surface area contributed by atoms with Gasteiger partial charge in [-0.15, -0.1) is 0 Å². The number of nitrogens with one attached hydrogen (secondary N) is 2. The summed E-state index contributed by atoms with van der Waals surface area (Å²) in [4.78, 5) is 19.7. The molecule has 0 radical (unpaired) electrons. The van der Waals surface area contributed by atoms with Gasteiger partial charge in [0.2, 0.25) is 0 Å². The van der Waals surface area contributed by atoms with Gasteiger partial charge in [0.05, 0.1) is 5.56 Å². The van der Waals surface area contributed by atoms with Crippen molar-refractivity contribution in [2.45, 2.75) is 13.5 Å². The van der Waals surface area contributed by atoms with Gasteiger partial charge in [-0.1, -0.05) is 6.07 Å². The highest BCUT2D eigenvalue weighted by molar-refractivity contribution is 5.95. The zero-order valence-corrected chi connectivity index (χ0v) is 10.9. The van der Waals surface area contributed by atoms with Gasteiger partial charge < -0.3 is 10.7 Å². The van der Waals surface area contributed by atoms with E-state index in [0.717, 1.165) is 11.3 Å². The lowest BCUT2D eigenvalue weighted by Crippen LogP contribution is -2.25. The third-order valence-electron chi connectivity index (χ3n) is 2.70. The fraction of sp³-hybridized carbons (Fsp3) is 0.154. The van der Waals surface area contributed by atoms with Crippen LogP contribution in [-0.2, 0) is 6.54 Å². The second kappa shape index (κ2) is 6.07. The summed E-state index contributed by atoms with van der Waals surface area (Å²) in [6.45, 7) is 2.13. The Hall–Kier alpha value is -2.54. The van der Waals surface area contributed by atoms with Crippen molar-refractivity contribution in [1.82, 2.24) is 15.3 Å². The number of amides is 1. The summed E-state index contributed by atoms with van der Waals surface area (Å²) in [7, 11) is 0. The van der Waals surface area contributed by atoms with Gasteiger partial charge in [-0.2, -0.15) is 0 Å². The summed E-state index contributed by atoms with van der Waals surface area (Å²) < 4.78 is 13.8. The predicted molar refractivity (Wildman–Crippen MR) is 72.1 cm³/mol. The zero-order chi connectivity index (χ0) is 14.5. The number of halogens is 1. The van der Waals surface area contributed by atoms with Crippen molar-refractivity contribution < 1.29 is 9.18 Å². The minimum absolute atomic E-state index is 0.118. The van der Waals surface area contributed by atoms with E-state index in [1.54, 1.807) is 6.20 Å². The molecule has 4 N–H and O–H groups in total. The van der Waals surface area contributed by atoms with Crippen molar-refractivity contribution in [2.75, 3.05) is 5.43 Å². The number of nitrogens with zero attached hydrogens (tertiary/aromatic N) is 2. The number of nitrogens with two attached hydrogens (primary N) is 1. The van der Waals surface area contributed by atoms with Gasteiger partial charge >= 0.3 is 0 Å². The summed E-state index contributed by atoms with van der Waals surface area (Å²) in [5.41, 5.74) is 3.69. The summed E-state index contributed by atoms with van der Waals surface area (Å²) in [6, 6.07) is 4.97. The summed E-state index contributed by atoms with van der Waals surface area (Å²) in [5.74, 6) is 3.61. The highest BCUT2D eigenvalue weighted by Crippen LogP contribution is 2.13. The van der Waals surface area contributed by atoms with E-state index >= 15 is 0 Å². The first-order chi connectivity index (χ1) is 9.61. The molecule has 2 aromatic heterocycles. The number of nitrogen functional groups attached to an aromatic ring is 1. The molecule has 2 aromatic rings. The number of aromatic nitrogens is 2. The van der Waals surface area contributed by atoms with E-state index in [9.17, 15) is 9.18 Å². The smallest absolute Gasteiger partial charge is 0.254 e. The van der Waals surface area contributed by atoms with Gasteiger partial charge in [0.15, 0.2) is 11.6 Å². The lowest BCUT2D eigenvalue weighted by atomic mass is 10.2. The molecule has 1 amide bonds. The molecule has 7 heteroatoms. The van der Waals surface area contributed by atoms with Crippen LogP contribution in [-0.4, -0.2) is 15.9 Å². The van der Waals surface area contributed by atoms with E-state index in [-0.39, 0.29) is 17.9 Å². The Bertz CT molecular complexity index is 615. The monoisotopic (exact) mass is 275 g/mol. The first kappa shape index (κ1) is 13.9. The van der Waals surface area contributed by atoms with Gasteiger partial charge in [0.1, 0.15) is 0 Å². The van der Waals surface area contributed by atoms with E-state index < -0.39 is 11.7 Å². The highest BCUT2D eigenvalue weighted by Gasteiger charge is 2.15. The van der Waals surface area contributed by atoms with Crippen molar-refractivity contribution in [2.24, 2.45) is 5.84 Å². The predicted octanol–water partition coefficient (Wildman–Crippen LogP) is 1.14. The van der Waals surface area contributed by atoms with Crippen LogP contribution < -0.4 is 16.6 Å². The van der Waals surface area contributed by atoms with Crippen LogP contribution in [0.1, 0.15) is 21.6 Å². The van der Waals surface area contributed by atoms with E-state index in [0.29, 0.717) is 0 Å². The molecule has 0 saturated heterocycles. The fourth-order valence-corrected chi connectivity index (χ4v) is 1.60. The Balaban J connectivity index is 2.07. The molecule has 0 aliphatic heterocycles. The zero-order valence-electron chi connectivity index (χ0n) is 10.9. The molecule has 0 bridgehead atoms. The molecule has 20 heavy (non-hydrogen) atoms. The van der Waals surface area contributed by atoms with Gasteiger partial charge in [0.25, 0.3) is 5.91 Å². The third-order valence-corrected chi connectivity index (χ3v) is 2.70. The number of hydrazine groups is 1. The second-order valence-corrected chi connectivity index (χ2v) is 4.16. The number of carbonyl (C=O) groups excluding carboxylic acids is 1. The molecule has 0 atom stereocenters. The number of carbonyl (C=O) groups is 1. The maximum atomic E-state index is 13.8. The average molecular weight is 275 g/mol. The Labute approximate surface area is 115 Å². The van der Waals surface area contributed by atoms with Gasteiger partial charge in [-0.05, 0) is 24.6 Å². The highest BCUT2D eigenvalue weighted by atomic mass is 19.1. The normalized spacial score (nSPS) is 10.2. The van der Waals surface area contributed by atoms with Crippen molar-refractivity contribution in [3.63, 3.8) is 0 Å². The van der Waals surface area contributed by atoms with Crippen LogP contribution in [0.4, 0.5) is 10.2 Å². The largest absolute Gasteiger partial charge is 0.348 e. The topological polar surface area (TPSA) is 92.9 Å². The van der Waals surface area contributed by atoms with Crippen molar-refractivity contribution in [1.29, 1.82) is 0 Å². The number of hydrogen-bond donors (Lipinski definition) is 3. The van der Waals surface area contributed by atoms with E-state index in [1.165, 1.54) is 12.3 Å². The van der Waals surface area contributed by atoms with Gasteiger partial charge in [-0.3, -0.25) is 9.78 Å². The number of aryl methyl sites for hydroxylation is 1. The quantitative estimate of drug-likeness (QED) is 0.574. The lowest BCUT2D eigenvalue weighted by molar-refractivity contribution is 0.0947.